The van der Waals surface area contributed by atoms with Crippen LogP contribution in [0.2, 0.25) is 0 Å². The van der Waals surface area contributed by atoms with Gasteiger partial charge in [0.1, 0.15) is 6.04 Å². The van der Waals surface area contributed by atoms with Gasteiger partial charge in [-0.2, -0.15) is 17.0 Å². The Morgan fingerprint density at radius 3 is 2.48 bits per heavy atom. The van der Waals surface area contributed by atoms with Crippen molar-refractivity contribution in [2.75, 3.05) is 17.3 Å². The second-order valence-corrected chi connectivity index (χ2v) is 7.92. The van der Waals surface area contributed by atoms with Crippen molar-refractivity contribution in [2.45, 2.75) is 32.4 Å². The molecule has 0 fully saturated rings. The van der Waals surface area contributed by atoms with Crippen LogP contribution in [-0.4, -0.2) is 41.9 Å². The number of carbonyl (C=O) groups is 3. The summed E-state index contributed by atoms with van der Waals surface area (Å²) in [6.07, 6.45) is 1.22. The highest BCUT2D eigenvalue weighted by atomic mass is 32.2. The fourth-order valence-corrected chi connectivity index (χ4v) is 3.17. The van der Waals surface area contributed by atoms with Gasteiger partial charge in [0.2, 0.25) is 0 Å². The van der Waals surface area contributed by atoms with Crippen molar-refractivity contribution >= 4 is 35.2 Å². The zero-order valence-corrected chi connectivity index (χ0v) is 18.5. The molecule has 0 aromatic heterocycles. The number of ether oxygens (including phenoxy) is 1. The molecule has 31 heavy (non-hydrogen) atoms. The molecule has 0 saturated heterocycles. The average Bonchev–Trinajstić information content (AvgIpc) is 2.76. The van der Waals surface area contributed by atoms with E-state index in [1.54, 1.807) is 54.2 Å². The first kappa shape index (κ1) is 24.0. The van der Waals surface area contributed by atoms with E-state index in [1.807, 2.05) is 25.3 Å². The van der Waals surface area contributed by atoms with Gasteiger partial charge in [0, 0.05) is 11.3 Å². The largest absolute Gasteiger partial charge is 0.451 e. The van der Waals surface area contributed by atoms with Crippen LogP contribution in [0.3, 0.4) is 0 Å². The fourth-order valence-electron chi connectivity index (χ4n) is 2.69. The number of thioether (sulfide) groups is 1. The van der Waals surface area contributed by atoms with Crippen molar-refractivity contribution in [3.05, 3.63) is 65.2 Å². The molecule has 8 heteroatoms. The molecule has 2 aromatic rings. The number of hydrogen-bond donors (Lipinski definition) is 2. The van der Waals surface area contributed by atoms with Gasteiger partial charge in [0.25, 0.3) is 11.8 Å². The standard InChI is InChI=1S/C23H25N3O4S/c1-15-5-4-6-18(13-15)22(28)26-20(11-12-31-3)23(29)30-16(2)21(27)25-19-9-7-17(14-24)8-10-19/h4-10,13,16,20H,11-12H2,1-3H3,(H,25,27)(H,26,28)/t16-,20+/m1/s1. The van der Waals surface area contributed by atoms with E-state index in [4.69, 9.17) is 10.00 Å². The molecule has 2 rings (SSSR count). The Morgan fingerprint density at radius 2 is 1.87 bits per heavy atom. The molecule has 0 radical (unpaired) electrons. The Balaban J connectivity index is 2.00. The summed E-state index contributed by atoms with van der Waals surface area (Å²) in [5.74, 6) is -0.912. The van der Waals surface area contributed by atoms with Crippen LogP contribution in [0.4, 0.5) is 5.69 Å². The number of anilines is 1. The second-order valence-electron chi connectivity index (χ2n) is 6.93. The molecule has 162 valence electrons. The number of nitrogens with zero attached hydrogens (tertiary/aromatic N) is 1. The first-order valence-corrected chi connectivity index (χ1v) is 11.1. The summed E-state index contributed by atoms with van der Waals surface area (Å²) in [6.45, 7) is 3.34. The van der Waals surface area contributed by atoms with Gasteiger partial charge in [-0.1, -0.05) is 17.7 Å². The highest BCUT2D eigenvalue weighted by molar-refractivity contribution is 7.98. The lowest BCUT2D eigenvalue weighted by molar-refractivity contribution is -0.155. The van der Waals surface area contributed by atoms with E-state index in [2.05, 4.69) is 10.6 Å². The average molecular weight is 440 g/mol. The van der Waals surface area contributed by atoms with Crippen LogP contribution in [0.25, 0.3) is 0 Å². The monoisotopic (exact) mass is 439 g/mol. The van der Waals surface area contributed by atoms with Crippen LogP contribution >= 0.6 is 11.8 Å². The number of rotatable bonds is 9. The summed E-state index contributed by atoms with van der Waals surface area (Å²) in [5.41, 5.74) is 2.34. The number of aryl methyl sites for hydroxylation is 1. The van der Waals surface area contributed by atoms with Gasteiger partial charge < -0.3 is 15.4 Å². The molecule has 2 aromatic carbocycles. The van der Waals surface area contributed by atoms with Gasteiger partial charge >= 0.3 is 5.97 Å². The van der Waals surface area contributed by atoms with Gasteiger partial charge in [-0.15, -0.1) is 0 Å². The summed E-state index contributed by atoms with van der Waals surface area (Å²) < 4.78 is 5.32. The van der Waals surface area contributed by atoms with E-state index >= 15 is 0 Å². The fraction of sp³-hybridized carbons (Fsp3) is 0.304. The summed E-state index contributed by atoms with van der Waals surface area (Å²) in [6, 6.07) is 14.5. The van der Waals surface area contributed by atoms with Crippen molar-refractivity contribution < 1.29 is 19.1 Å². The molecule has 0 unspecified atom stereocenters. The first-order chi connectivity index (χ1) is 14.8. The molecule has 7 nitrogen and oxygen atoms in total. The molecule has 0 spiro atoms. The van der Waals surface area contributed by atoms with Gasteiger partial charge in [-0.3, -0.25) is 9.59 Å². The maximum atomic E-state index is 12.7. The molecule has 0 bridgehead atoms. The molecule has 0 aliphatic heterocycles. The highest BCUT2D eigenvalue weighted by Gasteiger charge is 2.26. The molecule has 0 aliphatic carbocycles. The van der Waals surface area contributed by atoms with Crippen molar-refractivity contribution in [2.24, 2.45) is 0 Å². The zero-order valence-electron chi connectivity index (χ0n) is 17.7. The predicted octanol–water partition coefficient (Wildman–Crippen LogP) is 3.29. The summed E-state index contributed by atoms with van der Waals surface area (Å²) in [5, 5.41) is 14.2. The lowest BCUT2D eigenvalue weighted by Crippen LogP contribution is -2.44. The highest BCUT2D eigenvalue weighted by Crippen LogP contribution is 2.12. The Kier molecular flexibility index (Phi) is 9.10. The third-order valence-electron chi connectivity index (χ3n) is 4.42. The van der Waals surface area contributed by atoms with Crippen LogP contribution in [0.15, 0.2) is 48.5 Å². The van der Waals surface area contributed by atoms with Crippen LogP contribution < -0.4 is 10.6 Å². The van der Waals surface area contributed by atoms with E-state index in [9.17, 15) is 14.4 Å². The maximum absolute atomic E-state index is 12.7. The van der Waals surface area contributed by atoms with Crippen molar-refractivity contribution in [1.82, 2.24) is 5.32 Å². The Morgan fingerprint density at radius 1 is 1.16 bits per heavy atom. The smallest absolute Gasteiger partial charge is 0.329 e. The number of nitrogens with one attached hydrogen (secondary N) is 2. The van der Waals surface area contributed by atoms with Gasteiger partial charge in [-0.25, -0.2) is 4.79 Å². The molecule has 0 saturated carbocycles. The normalized spacial score (nSPS) is 12.2. The lowest BCUT2D eigenvalue weighted by atomic mass is 10.1. The lowest BCUT2D eigenvalue weighted by Gasteiger charge is -2.20. The summed E-state index contributed by atoms with van der Waals surface area (Å²) in [7, 11) is 0. The van der Waals surface area contributed by atoms with Crippen molar-refractivity contribution in [3.8, 4) is 6.07 Å². The Bertz CT molecular complexity index is 970. The molecule has 2 atom stereocenters. The van der Waals surface area contributed by atoms with Crippen molar-refractivity contribution in [1.29, 1.82) is 5.26 Å². The molecule has 2 N–H and O–H groups in total. The minimum Gasteiger partial charge on any atom is -0.451 e. The summed E-state index contributed by atoms with van der Waals surface area (Å²) >= 11 is 1.54. The minimum atomic E-state index is -1.06. The zero-order chi connectivity index (χ0) is 22.8. The third-order valence-corrected chi connectivity index (χ3v) is 5.07. The topological polar surface area (TPSA) is 108 Å². The number of benzene rings is 2. The van der Waals surface area contributed by atoms with Gasteiger partial charge in [0.15, 0.2) is 6.10 Å². The second kappa shape index (κ2) is 11.8. The molecule has 0 aliphatic rings. The molecular weight excluding hydrogens is 414 g/mol. The molecular formula is C23H25N3O4S. The third kappa shape index (κ3) is 7.46. The van der Waals surface area contributed by atoms with E-state index < -0.39 is 24.0 Å². The van der Waals surface area contributed by atoms with E-state index in [0.29, 0.717) is 29.0 Å². The van der Waals surface area contributed by atoms with E-state index in [0.717, 1.165) is 5.56 Å². The predicted molar refractivity (Wildman–Crippen MR) is 121 cm³/mol. The maximum Gasteiger partial charge on any atom is 0.329 e. The Labute approximate surface area is 186 Å². The number of amides is 2. The van der Waals surface area contributed by atoms with Crippen LogP contribution in [0, 0.1) is 18.3 Å². The minimum absolute atomic E-state index is 0.374. The van der Waals surface area contributed by atoms with Crippen molar-refractivity contribution in [3.63, 3.8) is 0 Å². The van der Waals surface area contributed by atoms with Crippen LogP contribution in [-0.2, 0) is 14.3 Å². The molecule has 2 amide bonds. The Hall–Kier alpha value is -3.31. The quantitative estimate of drug-likeness (QED) is 0.581. The number of nitriles is 1. The van der Waals surface area contributed by atoms with Crippen LogP contribution in [0.1, 0.15) is 34.8 Å². The van der Waals surface area contributed by atoms with Gasteiger partial charge in [-0.05, 0) is 68.7 Å². The molecule has 0 heterocycles. The SMILES string of the molecule is CSCC[C@H](NC(=O)c1cccc(C)c1)C(=O)O[C@H](C)C(=O)Nc1ccc(C#N)cc1. The number of hydrogen-bond acceptors (Lipinski definition) is 6. The van der Waals surface area contributed by atoms with E-state index in [1.165, 1.54) is 6.92 Å². The van der Waals surface area contributed by atoms with Crippen LogP contribution in [0.5, 0.6) is 0 Å². The van der Waals surface area contributed by atoms with E-state index in [-0.39, 0.29) is 5.91 Å². The number of esters is 1. The summed E-state index contributed by atoms with van der Waals surface area (Å²) in [4.78, 5) is 37.6. The van der Waals surface area contributed by atoms with Gasteiger partial charge in [0.05, 0.1) is 11.6 Å². The number of carbonyl (C=O) groups excluding carboxylic acids is 3. The first-order valence-electron chi connectivity index (χ1n) is 9.72.